The highest BCUT2D eigenvalue weighted by atomic mass is 32.2. The number of hydrogen-bond donors (Lipinski definition) is 2. The molecule has 1 saturated heterocycles. The minimum absolute atomic E-state index is 0.0486. The number of H-pyrrole nitrogens is 1. The highest BCUT2D eigenvalue weighted by Crippen LogP contribution is 2.32. The van der Waals surface area contributed by atoms with Crippen molar-refractivity contribution in [3.63, 3.8) is 0 Å². The van der Waals surface area contributed by atoms with E-state index in [2.05, 4.69) is 20.0 Å². The Morgan fingerprint density at radius 3 is 2.69 bits per heavy atom. The van der Waals surface area contributed by atoms with Gasteiger partial charge in [0.2, 0.25) is 9.84 Å². The van der Waals surface area contributed by atoms with Crippen LogP contribution in [0.1, 0.15) is 18.4 Å². The second-order valence-corrected chi connectivity index (χ2v) is 9.23. The Balaban J connectivity index is 1.76. The third kappa shape index (κ3) is 2.80. The van der Waals surface area contributed by atoms with E-state index in [0.29, 0.717) is 48.2 Å². The molecule has 150 valence electrons. The Bertz CT molecular complexity index is 1320. The molecule has 0 saturated carbocycles. The maximum atomic E-state index is 13.5. The number of nitrogens with one attached hydrogen (secondary N) is 1. The van der Waals surface area contributed by atoms with Gasteiger partial charge in [0.25, 0.3) is 0 Å². The molecule has 0 amide bonds. The molecule has 1 aromatic carbocycles. The molecule has 0 aliphatic carbocycles. The first-order valence-electron chi connectivity index (χ1n) is 9.55. The van der Waals surface area contributed by atoms with Crippen LogP contribution in [0.5, 0.6) is 0 Å². The quantitative estimate of drug-likeness (QED) is 0.535. The number of hydrogen-bond acceptors (Lipinski definition) is 6. The third-order valence-electron chi connectivity index (χ3n) is 5.53. The number of rotatable bonds is 3. The molecule has 8 nitrogen and oxygen atoms in total. The lowest BCUT2D eigenvalue weighted by Gasteiger charge is -2.32. The van der Waals surface area contributed by atoms with Crippen molar-refractivity contribution in [2.24, 2.45) is 0 Å². The molecule has 1 aliphatic rings. The van der Waals surface area contributed by atoms with Crippen molar-refractivity contribution in [3.05, 3.63) is 48.4 Å². The fraction of sp³-hybridized carbons (Fsp3) is 0.300. The van der Waals surface area contributed by atoms with E-state index in [-0.39, 0.29) is 16.0 Å². The van der Waals surface area contributed by atoms with Crippen LogP contribution in [0.4, 0.5) is 0 Å². The van der Waals surface area contributed by atoms with Crippen LogP contribution in [-0.4, -0.2) is 52.3 Å². The molecule has 0 bridgehead atoms. The number of nitrogens with zero attached hydrogens (tertiary/aromatic N) is 4. The van der Waals surface area contributed by atoms with Crippen molar-refractivity contribution in [1.29, 1.82) is 0 Å². The first-order valence-corrected chi connectivity index (χ1v) is 11.0. The van der Waals surface area contributed by atoms with E-state index in [4.69, 9.17) is 0 Å². The normalized spacial score (nSPS) is 16.1. The Hall–Kier alpha value is -2.91. The number of aliphatic hydroxyl groups excluding tert-OH is 1. The maximum Gasteiger partial charge on any atom is 0.226 e. The molecule has 0 radical (unpaired) electrons. The van der Waals surface area contributed by atoms with E-state index in [1.807, 2.05) is 16.8 Å². The molecular formula is C20H21N5O3S. The van der Waals surface area contributed by atoms with E-state index >= 15 is 0 Å². The van der Waals surface area contributed by atoms with Crippen molar-refractivity contribution in [1.82, 2.24) is 19.6 Å². The van der Waals surface area contributed by atoms with E-state index in [9.17, 15) is 13.5 Å². The summed E-state index contributed by atoms with van der Waals surface area (Å²) < 4.78 is 28.9. The molecule has 5 rings (SSSR count). The number of piperidine rings is 1. The smallest absolute Gasteiger partial charge is 0.226 e. The Labute approximate surface area is 167 Å². The maximum absolute atomic E-state index is 13.5. The lowest BCUT2D eigenvalue weighted by Crippen LogP contribution is -2.42. The number of fused-ring (bicyclic) bond motifs is 3. The highest BCUT2D eigenvalue weighted by Gasteiger charge is 2.29. The van der Waals surface area contributed by atoms with Crippen molar-refractivity contribution < 1.29 is 13.5 Å². The van der Waals surface area contributed by atoms with Crippen molar-refractivity contribution in [3.8, 4) is 0 Å². The zero-order chi connectivity index (χ0) is 20.2. The van der Waals surface area contributed by atoms with Crippen molar-refractivity contribution >= 4 is 31.9 Å². The molecule has 4 aromatic rings. The predicted octanol–water partition coefficient (Wildman–Crippen LogP) is 2.15. The molecular weight excluding hydrogens is 390 g/mol. The molecule has 2 N–H and O–H groups in total. The summed E-state index contributed by atoms with van der Waals surface area (Å²) in [6.45, 7) is 3.11. The number of pyridine rings is 1. The number of sulfone groups is 1. The predicted molar refractivity (Wildman–Crippen MR) is 109 cm³/mol. The van der Waals surface area contributed by atoms with Crippen LogP contribution in [0.25, 0.3) is 22.1 Å². The van der Waals surface area contributed by atoms with Gasteiger partial charge in [0, 0.05) is 24.7 Å². The highest BCUT2D eigenvalue weighted by molar-refractivity contribution is 7.91. The average Bonchev–Trinajstić information content (AvgIpc) is 3.34. The summed E-state index contributed by atoms with van der Waals surface area (Å²) in [5, 5.41) is 12.7. The van der Waals surface area contributed by atoms with Crippen LogP contribution in [0.3, 0.4) is 0 Å². The number of imidazole rings is 1. The Morgan fingerprint density at radius 2 is 1.93 bits per heavy atom. The van der Waals surface area contributed by atoms with E-state index in [1.54, 1.807) is 37.6 Å². The number of benzene rings is 1. The summed E-state index contributed by atoms with van der Waals surface area (Å²) in [5.41, 5.74) is 2.23. The lowest BCUT2D eigenvalue weighted by atomic mass is 10.1. The molecule has 0 unspecified atom stereocenters. The van der Waals surface area contributed by atoms with Crippen molar-refractivity contribution in [2.45, 2.75) is 35.8 Å². The van der Waals surface area contributed by atoms with E-state index in [1.165, 1.54) is 0 Å². The number of aromatic nitrogens is 4. The molecule has 3 aromatic heterocycles. The molecule has 29 heavy (non-hydrogen) atoms. The Kier molecular flexibility index (Phi) is 4.11. The Morgan fingerprint density at radius 1 is 1.17 bits per heavy atom. The summed E-state index contributed by atoms with van der Waals surface area (Å²) in [6.07, 6.45) is 4.42. The summed E-state index contributed by atoms with van der Waals surface area (Å²) in [6, 6.07) is 8.77. The second kappa shape index (κ2) is 6.57. The molecule has 1 aliphatic heterocycles. The number of aryl methyl sites for hydroxylation is 1. The standard InChI is InChI=1S/C20H21N5O3S/c1-13-4-2-3-5-16(13)29(27,28)20-17-18(15-6-9-21-19(15)23-20)25(12-22-17)24-10-7-14(26)8-11-24/h2-6,9,12,14,26H,7-8,10-11H2,1H3,(H,21,23). The first-order chi connectivity index (χ1) is 14.0. The average molecular weight is 411 g/mol. The summed E-state index contributed by atoms with van der Waals surface area (Å²) >= 11 is 0. The van der Waals surface area contributed by atoms with Gasteiger partial charge in [-0.05, 0) is 37.5 Å². The van der Waals surface area contributed by atoms with Gasteiger partial charge >= 0.3 is 0 Å². The summed E-state index contributed by atoms with van der Waals surface area (Å²) in [7, 11) is -3.86. The monoisotopic (exact) mass is 411 g/mol. The molecule has 9 heteroatoms. The van der Waals surface area contributed by atoms with Crippen LogP contribution in [0.2, 0.25) is 0 Å². The zero-order valence-electron chi connectivity index (χ0n) is 15.9. The fourth-order valence-electron chi connectivity index (χ4n) is 3.98. The first kappa shape index (κ1) is 18.1. The van der Waals surface area contributed by atoms with Gasteiger partial charge in [-0.15, -0.1) is 0 Å². The van der Waals surface area contributed by atoms with Gasteiger partial charge in [0.1, 0.15) is 23.0 Å². The van der Waals surface area contributed by atoms with Crippen LogP contribution < -0.4 is 5.01 Å². The van der Waals surface area contributed by atoms with Gasteiger partial charge in [-0.2, -0.15) is 0 Å². The van der Waals surface area contributed by atoms with Gasteiger partial charge in [-0.1, -0.05) is 18.2 Å². The summed E-state index contributed by atoms with van der Waals surface area (Å²) in [5.74, 6) is 0. The number of aliphatic hydroxyl groups is 1. The molecule has 1 fully saturated rings. The van der Waals surface area contributed by atoms with Gasteiger partial charge in [-0.25, -0.2) is 23.1 Å². The van der Waals surface area contributed by atoms with Gasteiger partial charge in [-0.3, -0.25) is 0 Å². The minimum Gasteiger partial charge on any atom is -0.393 e. The second-order valence-electron chi connectivity index (χ2n) is 7.40. The van der Waals surface area contributed by atoms with Crippen LogP contribution in [-0.2, 0) is 9.84 Å². The fourth-order valence-corrected chi connectivity index (χ4v) is 5.55. The van der Waals surface area contributed by atoms with E-state index in [0.717, 1.165) is 5.39 Å². The van der Waals surface area contributed by atoms with Crippen LogP contribution in [0.15, 0.2) is 52.8 Å². The van der Waals surface area contributed by atoms with Crippen molar-refractivity contribution in [2.75, 3.05) is 18.1 Å². The minimum atomic E-state index is -3.86. The van der Waals surface area contributed by atoms with E-state index < -0.39 is 9.84 Å². The molecule has 0 spiro atoms. The lowest BCUT2D eigenvalue weighted by molar-refractivity contribution is 0.139. The zero-order valence-corrected chi connectivity index (χ0v) is 16.7. The van der Waals surface area contributed by atoms with Gasteiger partial charge in [0.05, 0.1) is 11.0 Å². The largest absolute Gasteiger partial charge is 0.393 e. The van der Waals surface area contributed by atoms with Gasteiger partial charge in [0.15, 0.2) is 5.03 Å². The SMILES string of the molecule is Cc1ccccc1S(=O)(=O)c1nc2[nH]ccc2c2c1ncn2N1CCC(O)CC1. The van der Waals surface area contributed by atoms with Gasteiger partial charge < -0.3 is 15.1 Å². The van der Waals surface area contributed by atoms with Crippen LogP contribution in [0, 0.1) is 6.92 Å². The number of aromatic amines is 1. The third-order valence-corrected chi connectivity index (χ3v) is 7.36. The topological polar surface area (TPSA) is 104 Å². The molecule has 0 atom stereocenters. The molecule has 4 heterocycles. The summed E-state index contributed by atoms with van der Waals surface area (Å²) in [4.78, 5) is 12.2. The van der Waals surface area contributed by atoms with Crippen LogP contribution >= 0.6 is 0 Å².